The number of unbranched alkanes of at least 4 members (excludes halogenated alkanes) is 2. The predicted molar refractivity (Wildman–Crippen MR) is 52.9 cm³/mol. The summed E-state index contributed by atoms with van der Waals surface area (Å²) in [6.45, 7) is 4.58. The molecule has 0 rings (SSSR count). The second kappa shape index (κ2) is 8.34. The normalized spacial score (nSPS) is 12.7. The second-order valence-corrected chi connectivity index (χ2v) is 6.33. The molecule has 0 heterocycles. The van der Waals surface area contributed by atoms with Gasteiger partial charge >= 0.3 is 18.2 Å². The summed E-state index contributed by atoms with van der Waals surface area (Å²) in [5.74, 6) is 0. The molecule has 0 saturated heterocycles. The molecular formula is C8H17BrMg. The van der Waals surface area contributed by atoms with Crippen LogP contribution in [0.15, 0.2) is 0 Å². The van der Waals surface area contributed by atoms with Crippen molar-refractivity contribution in [3.05, 3.63) is 0 Å². The molecule has 1 atom stereocenters. The third-order valence-electron chi connectivity index (χ3n) is 2.01. The standard InChI is InChI=1S/C8H17.BrH.Mg/c1-3-5-7-8-6-4-2;;/h5H,3-4,6-8H2,1-2H3;1H;/q;;+1/p-1. The maximum absolute atomic E-state index is 3.67. The van der Waals surface area contributed by atoms with Crippen LogP contribution in [0, 0.1) is 0 Å². The van der Waals surface area contributed by atoms with Crippen molar-refractivity contribution in [2.45, 2.75) is 50.0 Å². The molecule has 58 valence electrons. The summed E-state index contributed by atoms with van der Waals surface area (Å²) in [6.07, 6.45) is 7.11. The molecule has 2 heteroatoms. The Morgan fingerprint density at radius 2 is 2.00 bits per heavy atom. The van der Waals surface area contributed by atoms with E-state index in [2.05, 4.69) is 26.7 Å². The Bertz CT molecular complexity index is 62.3. The zero-order chi connectivity index (χ0) is 7.82. The Morgan fingerprint density at radius 1 is 1.30 bits per heavy atom. The van der Waals surface area contributed by atoms with Gasteiger partial charge in [0.1, 0.15) is 0 Å². The molecule has 0 aromatic rings. The third-order valence-corrected chi connectivity index (χ3v) is 6.18. The van der Waals surface area contributed by atoms with E-state index in [1.165, 1.54) is 32.1 Å². The first-order valence-electron chi connectivity index (χ1n) is 4.41. The van der Waals surface area contributed by atoms with Crippen molar-refractivity contribution in [1.82, 2.24) is 0 Å². The maximum Gasteiger partial charge on any atom is 0.471 e. The lowest BCUT2D eigenvalue weighted by Gasteiger charge is -2.08. The van der Waals surface area contributed by atoms with E-state index in [1.54, 1.807) is 0 Å². The quantitative estimate of drug-likeness (QED) is 0.469. The zero-order valence-corrected chi connectivity index (χ0v) is 10.2. The van der Waals surface area contributed by atoms with E-state index < -0.39 is 0 Å². The van der Waals surface area contributed by atoms with Gasteiger partial charge in [-0.25, -0.2) is 0 Å². The van der Waals surface area contributed by atoms with Gasteiger partial charge < -0.3 is 12.9 Å². The summed E-state index contributed by atoms with van der Waals surface area (Å²) in [7, 11) is 0. The highest BCUT2D eigenvalue weighted by Gasteiger charge is 2.06. The molecule has 10 heavy (non-hydrogen) atoms. The molecule has 0 aromatic carbocycles. The maximum atomic E-state index is 3.67. The fourth-order valence-electron chi connectivity index (χ4n) is 1.07. The van der Waals surface area contributed by atoms with Crippen molar-refractivity contribution in [2.75, 3.05) is 0 Å². The van der Waals surface area contributed by atoms with Gasteiger partial charge in [0.15, 0.2) is 0 Å². The minimum Gasteiger partial charge on any atom is -0.306 e. The van der Waals surface area contributed by atoms with Gasteiger partial charge in [-0.3, -0.25) is 0 Å². The lowest BCUT2D eigenvalue weighted by Crippen LogP contribution is -1.95. The van der Waals surface area contributed by atoms with Crippen molar-refractivity contribution < 1.29 is 0 Å². The third kappa shape index (κ3) is 5.99. The average molecular weight is 217 g/mol. The minimum atomic E-state index is 0.112. The van der Waals surface area contributed by atoms with Crippen molar-refractivity contribution in [3.63, 3.8) is 0 Å². The monoisotopic (exact) mass is 216 g/mol. The Hall–Kier alpha value is 1.25. The van der Waals surface area contributed by atoms with Crippen LogP contribution in [0.2, 0.25) is 4.05 Å². The van der Waals surface area contributed by atoms with Crippen molar-refractivity contribution >= 4 is 31.1 Å². The van der Waals surface area contributed by atoms with Gasteiger partial charge in [0.05, 0.1) is 0 Å². The van der Waals surface area contributed by atoms with Crippen molar-refractivity contribution in [3.8, 4) is 0 Å². The van der Waals surface area contributed by atoms with Crippen LogP contribution in [0.1, 0.15) is 46.0 Å². The molecule has 0 fully saturated rings. The highest BCUT2D eigenvalue weighted by atomic mass is 79.9. The van der Waals surface area contributed by atoms with E-state index in [9.17, 15) is 0 Å². The second-order valence-electron chi connectivity index (χ2n) is 2.92. The summed E-state index contributed by atoms with van der Waals surface area (Å²) in [6, 6.07) is 0. The minimum absolute atomic E-state index is 0.112. The van der Waals surface area contributed by atoms with Gasteiger partial charge in [0.2, 0.25) is 0 Å². The number of hydrogen-bond donors (Lipinski definition) is 0. The van der Waals surface area contributed by atoms with E-state index in [0.29, 0.717) is 0 Å². The van der Waals surface area contributed by atoms with Crippen LogP contribution in [0.4, 0.5) is 0 Å². The molecule has 0 N–H and O–H groups in total. The zero-order valence-electron chi connectivity index (χ0n) is 7.20. The molecule has 0 aliphatic heterocycles. The van der Waals surface area contributed by atoms with Gasteiger partial charge in [-0.05, 0) is 0 Å². The number of rotatable bonds is 6. The molecule has 0 aromatic heterocycles. The van der Waals surface area contributed by atoms with Gasteiger partial charge in [0.25, 0.3) is 0 Å². The average Bonchev–Trinajstić information content (AvgIpc) is 1.99. The lowest BCUT2D eigenvalue weighted by molar-refractivity contribution is 0.623. The van der Waals surface area contributed by atoms with Gasteiger partial charge in [0, 0.05) is 0 Å². The first kappa shape index (κ1) is 11.2. The van der Waals surface area contributed by atoms with Gasteiger partial charge in [-0.2, -0.15) is 0 Å². The Balaban J connectivity index is 3.09. The first-order chi connectivity index (χ1) is 4.85. The summed E-state index contributed by atoms with van der Waals surface area (Å²) in [4.78, 5) is 0. The van der Waals surface area contributed by atoms with Crippen LogP contribution >= 0.6 is 12.9 Å². The number of hydrogen-bond acceptors (Lipinski definition) is 0. The molecule has 1 unspecified atom stereocenters. The molecule has 0 bridgehead atoms. The summed E-state index contributed by atoms with van der Waals surface area (Å²) in [5.41, 5.74) is 0. The van der Waals surface area contributed by atoms with Gasteiger partial charge in [-0.1, -0.05) is 46.0 Å². The molecular weight excluding hydrogens is 200 g/mol. The topological polar surface area (TPSA) is 0 Å². The predicted octanol–water partition coefficient (Wildman–Crippen LogP) is 3.78. The highest BCUT2D eigenvalue weighted by Crippen LogP contribution is 2.19. The Labute approximate surface area is 80.7 Å². The Morgan fingerprint density at radius 3 is 2.40 bits per heavy atom. The van der Waals surface area contributed by atoms with E-state index in [4.69, 9.17) is 0 Å². The number of halogens is 1. The van der Waals surface area contributed by atoms with Gasteiger partial charge in [-0.15, -0.1) is 4.05 Å². The first-order valence-corrected chi connectivity index (χ1v) is 9.12. The fraction of sp³-hybridized carbons (Fsp3) is 1.00. The van der Waals surface area contributed by atoms with E-state index in [1.807, 2.05) is 0 Å². The summed E-state index contributed by atoms with van der Waals surface area (Å²) in [5, 5.41) is 0. The smallest absolute Gasteiger partial charge is 0.306 e. The summed E-state index contributed by atoms with van der Waals surface area (Å²) >= 11 is 3.78. The molecule has 0 spiro atoms. The van der Waals surface area contributed by atoms with Crippen LogP contribution in [0.3, 0.4) is 0 Å². The molecule has 0 saturated carbocycles. The van der Waals surface area contributed by atoms with Crippen molar-refractivity contribution in [2.24, 2.45) is 0 Å². The lowest BCUT2D eigenvalue weighted by atomic mass is 10.1. The molecule has 0 aliphatic rings. The van der Waals surface area contributed by atoms with E-state index >= 15 is 0 Å². The highest BCUT2D eigenvalue weighted by molar-refractivity contribution is 9.23. The molecule has 0 aliphatic carbocycles. The van der Waals surface area contributed by atoms with E-state index in [0.717, 1.165) is 4.05 Å². The fourth-order valence-corrected chi connectivity index (χ4v) is 4.08. The summed E-state index contributed by atoms with van der Waals surface area (Å²) < 4.78 is 1.06. The van der Waals surface area contributed by atoms with E-state index in [-0.39, 0.29) is 18.2 Å². The van der Waals surface area contributed by atoms with Crippen LogP contribution in [0.25, 0.3) is 0 Å². The molecule has 0 amide bonds. The molecule has 0 radical (unpaired) electrons. The van der Waals surface area contributed by atoms with Crippen LogP contribution in [-0.4, -0.2) is 18.2 Å². The SMILES string of the molecule is CCCCC[CH](CC)[Mg][Br]. The Kier molecular flexibility index (Phi) is 9.38. The van der Waals surface area contributed by atoms with Crippen LogP contribution < -0.4 is 0 Å². The van der Waals surface area contributed by atoms with Crippen LogP contribution in [0.5, 0.6) is 0 Å². The molecule has 0 nitrogen and oxygen atoms in total. The van der Waals surface area contributed by atoms with Crippen molar-refractivity contribution in [1.29, 1.82) is 0 Å². The largest absolute Gasteiger partial charge is 0.471 e. The van der Waals surface area contributed by atoms with Crippen LogP contribution in [-0.2, 0) is 0 Å².